The van der Waals surface area contributed by atoms with Gasteiger partial charge in [0, 0.05) is 32.0 Å². The average Bonchev–Trinajstić information content (AvgIpc) is 2.79. The van der Waals surface area contributed by atoms with Crippen LogP contribution in [0.3, 0.4) is 0 Å². The maximum absolute atomic E-state index is 13.7. The Labute approximate surface area is 180 Å². The van der Waals surface area contributed by atoms with Gasteiger partial charge in [-0.25, -0.2) is 9.18 Å². The zero-order valence-corrected chi connectivity index (χ0v) is 17.4. The topological polar surface area (TPSA) is 75.7 Å². The van der Waals surface area contributed by atoms with Crippen LogP contribution in [0.4, 0.5) is 4.39 Å². The third-order valence-electron chi connectivity index (χ3n) is 6.05. The van der Waals surface area contributed by atoms with Crippen molar-refractivity contribution in [2.45, 2.75) is 38.8 Å². The molecule has 1 fully saturated rings. The Morgan fingerprint density at radius 1 is 1.16 bits per heavy atom. The summed E-state index contributed by atoms with van der Waals surface area (Å²) in [4.78, 5) is 39.2. The second-order valence-corrected chi connectivity index (χ2v) is 8.16. The summed E-state index contributed by atoms with van der Waals surface area (Å²) in [6.07, 6.45) is 0.631. The number of benzene rings is 2. The van der Waals surface area contributed by atoms with Gasteiger partial charge in [0.2, 0.25) is 5.91 Å². The highest BCUT2D eigenvalue weighted by Gasteiger charge is 2.36. The third kappa shape index (κ3) is 4.60. The quantitative estimate of drug-likeness (QED) is 0.766. The summed E-state index contributed by atoms with van der Waals surface area (Å²) in [7, 11) is 0. The molecule has 0 radical (unpaired) electrons. The summed E-state index contributed by atoms with van der Waals surface area (Å²) < 4.78 is 19.0. The van der Waals surface area contributed by atoms with Gasteiger partial charge in [0.15, 0.2) is 6.10 Å². The summed E-state index contributed by atoms with van der Waals surface area (Å²) in [5.74, 6) is -1.26. The van der Waals surface area contributed by atoms with Crippen molar-refractivity contribution in [3.05, 3.63) is 70.5 Å². The molecule has 7 heteroatoms. The molecule has 1 saturated heterocycles. The predicted octanol–water partition coefficient (Wildman–Crippen LogP) is 2.77. The number of hydrogen-bond acceptors (Lipinski definition) is 4. The van der Waals surface area contributed by atoms with E-state index in [4.69, 9.17) is 4.74 Å². The van der Waals surface area contributed by atoms with Crippen molar-refractivity contribution in [1.29, 1.82) is 0 Å². The molecule has 2 heterocycles. The Kier molecular flexibility index (Phi) is 6.02. The minimum atomic E-state index is -0.816. The summed E-state index contributed by atoms with van der Waals surface area (Å²) in [5, 5.41) is 2.86. The van der Waals surface area contributed by atoms with E-state index in [1.165, 1.54) is 6.07 Å². The first-order valence-electron chi connectivity index (χ1n) is 10.5. The molecule has 0 spiro atoms. The van der Waals surface area contributed by atoms with Crippen molar-refractivity contribution in [2.24, 2.45) is 5.92 Å². The number of rotatable bonds is 4. The first-order chi connectivity index (χ1) is 14.9. The monoisotopic (exact) mass is 424 g/mol. The third-order valence-corrected chi connectivity index (χ3v) is 6.05. The normalized spacial score (nSPS) is 18.8. The van der Waals surface area contributed by atoms with Gasteiger partial charge in [-0.1, -0.05) is 30.3 Å². The van der Waals surface area contributed by atoms with Gasteiger partial charge in [-0.3, -0.25) is 9.59 Å². The van der Waals surface area contributed by atoms with E-state index in [2.05, 4.69) is 5.32 Å². The fourth-order valence-electron chi connectivity index (χ4n) is 4.11. The Hall–Kier alpha value is -3.22. The number of hydrogen-bond donors (Lipinski definition) is 1. The van der Waals surface area contributed by atoms with Gasteiger partial charge in [-0.15, -0.1) is 0 Å². The Balaban J connectivity index is 1.28. The van der Waals surface area contributed by atoms with Gasteiger partial charge in [0.05, 0.1) is 5.56 Å². The van der Waals surface area contributed by atoms with Crippen LogP contribution in [0.15, 0.2) is 42.5 Å². The number of likely N-dealkylation sites (tertiary alicyclic amines) is 1. The van der Waals surface area contributed by atoms with Gasteiger partial charge in [0.25, 0.3) is 5.91 Å². The standard InChI is InChI=1S/C24H25FN2O4/c1-15-6-7-16(12-20(15)25)14-26-22(28)17-8-10-27(11-9-17)23(29)21-13-18-4-2-3-5-19(18)24(30)31-21/h2-7,12,17,21H,8-11,13-14H2,1H3,(H,26,28)/t21-/m1/s1. The van der Waals surface area contributed by atoms with Crippen LogP contribution < -0.4 is 5.32 Å². The van der Waals surface area contributed by atoms with Crippen LogP contribution in [-0.4, -0.2) is 41.9 Å². The molecule has 2 aromatic rings. The second kappa shape index (κ2) is 8.88. The Bertz CT molecular complexity index is 1010. The maximum atomic E-state index is 13.7. The van der Waals surface area contributed by atoms with E-state index >= 15 is 0 Å². The summed E-state index contributed by atoms with van der Waals surface area (Å²) >= 11 is 0. The first kappa shape index (κ1) is 21.0. The Morgan fingerprint density at radius 3 is 2.65 bits per heavy atom. The van der Waals surface area contributed by atoms with Crippen molar-refractivity contribution in [2.75, 3.05) is 13.1 Å². The number of ether oxygens (including phenoxy) is 1. The number of fused-ring (bicyclic) bond motifs is 1. The van der Waals surface area contributed by atoms with Crippen LogP contribution >= 0.6 is 0 Å². The molecule has 1 N–H and O–H groups in total. The molecule has 1 atom stereocenters. The van der Waals surface area contributed by atoms with Gasteiger partial charge in [0.1, 0.15) is 5.82 Å². The number of piperidine rings is 1. The number of esters is 1. The molecular formula is C24H25FN2O4. The molecule has 31 heavy (non-hydrogen) atoms. The van der Waals surface area contributed by atoms with E-state index in [1.54, 1.807) is 36.1 Å². The van der Waals surface area contributed by atoms with Crippen LogP contribution in [0, 0.1) is 18.7 Å². The predicted molar refractivity (Wildman–Crippen MR) is 112 cm³/mol. The molecule has 2 amide bonds. The van der Waals surface area contributed by atoms with Crippen molar-refractivity contribution >= 4 is 17.8 Å². The van der Waals surface area contributed by atoms with Gasteiger partial charge < -0.3 is 15.0 Å². The SMILES string of the molecule is Cc1ccc(CNC(=O)C2CCN(C(=O)[C@H]3Cc4ccccc4C(=O)O3)CC2)cc1F. The molecule has 2 aliphatic heterocycles. The molecule has 162 valence electrons. The molecule has 4 rings (SSSR count). The zero-order valence-electron chi connectivity index (χ0n) is 17.4. The minimum absolute atomic E-state index is 0.0916. The van der Waals surface area contributed by atoms with Crippen molar-refractivity contribution < 1.29 is 23.5 Å². The number of carbonyl (C=O) groups excluding carboxylic acids is 3. The van der Waals surface area contributed by atoms with E-state index in [0.717, 1.165) is 5.56 Å². The van der Waals surface area contributed by atoms with Crippen LogP contribution in [-0.2, 0) is 27.3 Å². The van der Waals surface area contributed by atoms with Crippen molar-refractivity contribution in [3.63, 3.8) is 0 Å². The molecule has 2 aromatic carbocycles. The van der Waals surface area contributed by atoms with Crippen LogP contribution in [0.5, 0.6) is 0 Å². The highest BCUT2D eigenvalue weighted by Crippen LogP contribution is 2.24. The number of nitrogens with zero attached hydrogens (tertiary/aromatic N) is 1. The number of amides is 2. The molecule has 2 aliphatic rings. The smallest absolute Gasteiger partial charge is 0.339 e. The summed E-state index contributed by atoms with van der Waals surface area (Å²) in [6, 6.07) is 12.1. The highest BCUT2D eigenvalue weighted by atomic mass is 19.1. The number of carbonyl (C=O) groups is 3. The van der Waals surface area contributed by atoms with Gasteiger partial charge >= 0.3 is 5.97 Å². The summed E-state index contributed by atoms with van der Waals surface area (Å²) in [5.41, 5.74) is 2.61. The lowest BCUT2D eigenvalue weighted by Crippen LogP contribution is -2.49. The van der Waals surface area contributed by atoms with E-state index < -0.39 is 12.1 Å². The van der Waals surface area contributed by atoms with E-state index in [1.807, 2.05) is 12.1 Å². The van der Waals surface area contributed by atoms with Crippen LogP contribution in [0.25, 0.3) is 0 Å². The number of cyclic esters (lactones) is 1. The largest absolute Gasteiger partial charge is 0.448 e. The van der Waals surface area contributed by atoms with E-state index in [0.29, 0.717) is 49.0 Å². The van der Waals surface area contributed by atoms with Gasteiger partial charge in [-0.2, -0.15) is 0 Å². The fraction of sp³-hybridized carbons (Fsp3) is 0.375. The Morgan fingerprint density at radius 2 is 1.90 bits per heavy atom. The molecule has 6 nitrogen and oxygen atoms in total. The zero-order chi connectivity index (χ0) is 22.0. The fourth-order valence-corrected chi connectivity index (χ4v) is 4.11. The molecule has 0 saturated carbocycles. The van der Waals surface area contributed by atoms with Gasteiger partial charge in [-0.05, 0) is 48.6 Å². The lowest BCUT2D eigenvalue weighted by atomic mass is 9.94. The molecular weight excluding hydrogens is 399 g/mol. The van der Waals surface area contributed by atoms with Crippen LogP contribution in [0.1, 0.15) is 39.9 Å². The number of nitrogens with one attached hydrogen (secondary N) is 1. The summed E-state index contributed by atoms with van der Waals surface area (Å²) in [6.45, 7) is 2.84. The number of aryl methyl sites for hydroxylation is 1. The molecule has 0 bridgehead atoms. The lowest BCUT2D eigenvalue weighted by Gasteiger charge is -2.34. The lowest BCUT2D eigenvalue weighted by molar-refractivity contribution is -0.144. The first-order valence-corrected chi connectivity index (χ1v) is 10.5. The van der Waals surface area contributed by atoms with Crippen LogP contribution in [0.2, 0.25) is 0 Å². The van der Waals surface area contributed by atoms with Crippen molar-refractivity contribution in [1.82, 2.24) is 10.2 Å². The minimum Gasteiger partial charge on any atom is -0.448 e. The second-order valence-electron chi connectivity index (χ2n) is 8.16. The molecule has 0 aromatic heterocycles. The van der Waals surface area contributed by atoms with E-state index in [9.17, 15) is 18.8 Å². The highest BCUT2D eigenvalue weighted by molar-refractivity contribution is 5.95. The average molecular weight is 424 g/mol. The molecule has 0 unspecified atom stereocenters. The number of halogens is 1. The molecule has 0 aliphatic carbocycles. The van der Waals surface area contributed by atoms with Crippen molar-refractivity contribution in [3.8, 4) is 0 Å². The maximum Gasteiger partial charge on any atom is 0.339 e. The van der Waals surface area contributed by atoms with E-state index in [-0.39, 0.29) is 30.1 Å².